The van der Waals surface area contributed by atoms with Crippen molar-refractivity contribution in [3.05, 3.63) is 40.9 Å². The zero-order valence-electron chi connectivity index (χ0n) is 11.9. The number of likely N-dealkylation sites (N-methyl/N-ethyl adjacent to an activating group) is 1. The maximum absolute atomic E-state index is 12.4. The molecule has 0 aliphatic carbocycles. The summed E-state index contributed by atoms with van der Waals surface area (Å²) in [7, 11) is 1.69. The van der Waals surface area contributed by atoms with Gasteiger partial charge >= 0.3 is 0 Å². The molecule has 6 nitrogen and oxygen atoms in total. The first-order chi connectivity index (χ1) is 10.1. The minimum absolute atomic E-state index is 0.0385. The molecule has 2 aromatic heterocycles. The lowest BCUT2D eigenvalue weighted by molar-refractivity contribution is -0.130. The van der Waals surface area contributed by atoms with E-state index in [0.717, 1.165) is 5.39 Å². The number of amides is 1. The zero-order chi connectivity index (χ0) is 15.0. The lowest BCUT2D eigenvalue weighted by Crippen LogP contribution is -2.33. The third-order valence-electron chi connectivity index (χ3n) is 3.56. The van der Waals surface area contributed by atoms with Gasteiger partial charge in [0.2, 0.25) is 11.5 Å². The van der Waals surface area contributed by atoms with E-state index in [9.17, 15) is 9.59 Å². The number of benzene rings is 1. The van der Waals surface area contributed by atoms with Gasteiger partial charge < -0.3 is 9.32 Å². The summed E-state index contributed by atoms with van der Waals surface area (Å²) < 4.78 is 6.85. The maximum atomic E-state index is 12.4. The van der Waals surface area contributed by atoms with Gasteiger partial charge in [-0.05, 0) is 19.1 Å². The highest BCUT2D eigenvalue weighted by atomic mass is 16.3. The monoisotopic (exact) mass is 285 g/mol. The van der Waals surface area contributed by atoms with E-state index < -0.39 is 0 Å². The van der Waals surface area contributed by atoms with Crippen LogP contribution >= 0.6 is 0 Å². The number of furan rings is 1. The third-order valence-corrected chi connectivity index (χ3v) is 3.56. The highest BCUT2D eigenvalue weighted by Crippen LogP contribution is 2.23. The van der Waals surface area contributed by atoms with Gasteiger partial charge in [-0.25, -0.2) is 4.98 Å². The van der Waals surface area contributed by atoms with Crippen molar-refractivity contribution >= 4 is 28.0 Å². The summed E-state index contributed by atoms with van der Waals surface area (Å²) in [4.78, 5) is 30.1. The Balaban J connectivity index is 2.10. The predicted molar refractivity (Wildman–Crippen MR) is 79.1 cm³/mol. The van der Waals surface area contributed by atoms with Crippen molar-refractivity contribution in [1.82, 2.24) is 14.5 Å². The Morgan fingerprint density at radius 2 is 2.14 bits per heavy atom. The molecule has 3 rings (SSSR count). The molecule has 0 saturated carbocycles. The minimum atomic E-state index is -0.339. The summed E-state index contributed by atoms with van der Waals surface area (Å²) in [6.45, 7) is 2.43. The topological polar surface area (TPSA) is 68.3 Å². The summed E-state index contributed by atoms with van der Waals surface area (Å²) in [5.74, 6) is -0.142. The Morgan fingerprint density at radius 1 is 1.38 bits per heavy atom. The fourth-order valence-corrected chi connectivity index (χ4v) is 2.17. The Bertz CT molecular complexity index is 879. The van der Waals surface area contributed by atoms with Gasteiger partial charge in [-0.3, -0.25) is 14.2 Å². The van der Waals surface area contributed by atoms with Gasteiger partial charge in [0.15, 0.2) is 0 Å². The summed E-state index contributed by atoms with van der Waals surface area (Å²) in [5.41, 5.74) is 0.995. The molecule has 3 aromatic rings. The quantitative estimate of drug-likeness (QED) is 0.733. The molecule has 0 fully saturated rings. The van der Waals surface area contributed by atoms with Crippen molar-refractivity contribution in [3.8, 4) is 0 Å². The Labute approximate surface area is 120 Å². The summed E-state index contributed by atoms with van der Waals surface area (Å²) >= 11 is 0. The Morgan fingerprint density at radius 3 is 2.90 bits per heavy atom. The Kier molecular flexibility index (Phi) is 3.21. The summed E-state index contributed by atoms with van der Waals surface area (Å²) in [6.07, 6.45) is 1.40. The van der Waals surface area contributed by atoms with Crippen LogP contribution in [0.4, 0.5) is 0 Å². The van der Waals surface area contributed by atoms with Crippen LogP contribution in [-0.4, -0.2) is 34.0 Å². The van der Waals surface area contributed by atoms with Gasteiger partial charge in [-0.15, -0.1) is 0 Å². The molecule has 0 spiro atoms. The van der Waals surface area contributed by atoms with Crippen LogP contribution in [0, 0.1) is 0 Å². The third kappa shape index (κ3) is 2.18. The van der Waals surface area contributed by atoms with Crippen LogP contribution in [-0.2, 0) is 11.3 Å². The van der Waals surface area contributed by atoms with E-state index in [4.69, 9.17) is 4.42 Å². The molecule has 0 N–H and O–H groups in total. The number of carbonyl (C=O) groups is 1. The summed E-state index contributed by atoms with van der Waals surface area (Å²) in [5, 5.41) is 0.800. The molecule has 0 atom stereocenters. The molecule has 0 aliphatic heterocycles. The van der Waals surface area contributed by atoms with E-state index in [0.29, 0.717) is 17.6 Å². The molecule has 0 unspecified atom stereocenters. The zero-order valence-corrected chi connectivity index (χ0v) is 11.9. The number of carbonyl (C=O) groups excluding carboxylic acids is 1. The van der Waals surface area contributed by atoms with Crippen LogP contribution < -0.4 is 5.56 Å². The first-order valence-corrected chi connectivity index (χ1v) is 6.72. The van der Waals surface area contributed by atoms with Crippen LogP contribution in [0.15, 0.2) is 39.8 Å². The molecule has 0 bridgehead atoms. The second-order valence-electron chi connectivity index (χ2n) is 4.86. The van der Waals surface area contributed by atoms with Gasteiger partial charge in [0.1, 0.15) is 17.6 Å². The first kappa shape index (κ1) is 13.4. The predicted octanol–water partition coefficient (Wildman–Crippen LogP) is 1.62. The molecule has 1 aromatic carbocycles. The molecule has 6 heteroatoms. The fourth-order valence-electron chi connectivity index (χ4n) is 2.17. The van der Waals surface area contributed by atoms with Crippen molar-refractivity contribution in [2.75, 3.05) is 13.6 Å². The van der Waals surface area contributed by atoms with Crippen molar-refractivity contribution in [2.24, 2.45) is 0 Å². The normalized spacial score (nSPS) is 11.1. The van der Waals surface area contributed by atoms with Crippen LogP contribution in [0.2, 0.25) is 0 Å². The van der Waals surface area contributed by atoms with E-state index in [2.05, 4.69) is 4.98 Å². The number of fused-ring (bicyclic) bond motifs is 3. The molecule has 1 amide bonds. The van der Waals surface area contributed by atoms with Gasteiger partial charge in [-0.2, -0.15) is 0 Å². The highest BCUT2D eigenvalue weighted by molar-refractivity contribution is 6.01. The number of rotatable bonds is 3. The second-order valence-corrected chi connectivity index (χ2v) is 4.86. The fraction of sp³-hybridized carbons (Fsp3) is 0.267. The minimum Gasteiger partial charge on any atom is -0.448 e. The van der Waals surface area contributed by atoms with Crippen LogP contribution in [0.1, 0.15) is 6.92 Å². The van der Waals surface area contributed by atoms with Crippen LogP contribution in [0.5, 0.6) is 0 Å². The number of para-hydroxylation sites is 1. The van der Waals surface area contributed by atoms with Crippen molar-refractivity contribution in [3.63, 3.8) is 0 Å². The van der Waals surface area contributed by atoms with Gasteiger partial charge in [0.25, 0.3) is 5.56 Å². The van der Waals surface area contributed by atoms with Gasteiger partial charge in [0.05, 0.1) is 6.33 Å². The largest absolute Gasteiger partial charge is 0.448 e. The molecular weight excluding hydrogens is 270 g/mol. The molecule has 0 radical (unpaired) electrons. The van der Waals surface area contributed by atoms with Crippen molar-refractivity contribution in [2.45, 2.75) is 13.5 Å². The number of hydrogen-bond acceptors (Lipinski definition) is 4. The van der Waals surface area contributed by atoms with Gasteiger partial charge in [-0.1, -0.05) is 12.1 Å². The number of hydrogen-bond donors (Lipinski definition) is 0. The van der Waals surface area contributed by atoms with Crippen LogP contribution in [0.3, 0.4) is 0 Å². The summed E-state index contributed by atoms with van der Waals surface area (Å²) in [6, 6.07) is 7.35. The standard InChI is InChI=1S/C15H15N3O3/c1-3-17(2)12(19)8-18-9-16-13-10-6-4-5-7-11(10)21-14(13)15(18)20/h4-7,9H,3,8H2,1-2H3. The molecule has 0 aliphatic rings. The highest BCUT2D eigenvalue weighted by Gasteiger charge is 2.15. The molecule has 0 saturated heterocycles. The second kappa shape index (κ2) is 5.05. The lowest BCUT2D eigenvalue weighted by atomic mass is 10.2. The van der Waals surface area contributed by atoms with Crippen LogP contribution in [0.25, 0.3) is 22.1 Å². The molecule has 108 valence electrons. The SMILES string of the molecule is CCN(C)C(=O)Cn1cnc2c(oc3ccccc32)c1=O. The molecular formula is C15H15N3O3. The number of aromatic nitrogens is 2. The van der Waals surface area contributed by atoms with E-state index >= 15 is 0 Å². The molecule has 2 heterocycles. The average Bonchev–Trinajstić information content (AvgIpc) is 2.88. The molecule has 21 heavy (non-hydrogen) atoms. The van der Waals surface area contributed by atoms with Gasteiger partial charge in [0, 0.05) is 19.0 Å². The van der Waals surface area contributed by atoms with E-state index in [1.807, 2.05) is 25.1 Å². The number of nitrogens with zero attached hydrogens (tertiary/aromatic N) is 3. The lowest BCUT2D eigenvalue weighted by Gasteiger charge is -2.14. The van der Waals surface area contributed by atoms with E-state index in [1.165, 1.54) is 10.9 Å². The first-order valence-electron chi connectivity index (χ1n) is 6.72. The van der Waals surface area contributed by atoms with E-state index in [1.54, 1.807) is 18.0 Å². The van der Waals surface area contributed by atoms with E-state index in [-0.39, 0.29) is 23.6 Å². The Hall–Kier alpha value is -2.63. The maximum Gasteiger partial charge on any atom is 0.297 e. The van der Waals surface area contributed by atoms with Crippen molar-refractivity contribution < 1.29 is 9.21 Å². The van der Waals surface area contributed by atoms with Crippen molar-refractivity contribution in [1.29, 1.82) is 0 Å². The smallest absolute Gasteiger partial charge is 0.297 e. The average molecular weight is 285 g/mol.